The molecule has 4 N–H and O–H groups in total. The number of aromatic nitrogens is 2. The van der Waals surface area contributed by atoms with Gasteiger partial charge in [-0.3, -0.25) is 4.79 Å². The van der Waals surface area contributed by atoms with E-state index in [-0.39, 0.29) is 34.8 Å². The summed E-state index contributed by atoms with van der Waals surface area (Å²) in [7, 11) is 0. The first-order valence-corrected chi connectivity index (χ1v) is 19.7. The molecule has 50 heavy (non-hydrogen) atoms. The van der Waals surface area contributed by atoms with E-state index in [0.717, 1.165) is 88.3 Å². The molecule has 3 fully saturated rings. The first-order chi connectivity index (χ1) is 23.9. The number of amidine groups is 1. The van der Waals surface area contributed by atoms with Crippen molar-refractivity contribution in [3.05, 3.63) is 23.5 Å². The van der Waals surface area contributed by atoms with Gasteiger partial charge in [0, 0.05) is 55.5 Å². The van der Waals surface area contributed by atoms with Gasteiger partial charge in [-0.25, -0.2) is 4.98 Å². The molecule has 1 amide bonds. The lowest BCUT2D eigenvalue weighted by atomic mass is 10.0. The zero-order chi connectivity index (χ0) is 37.2. The molecule has 1 saturated heterocycles. The van der Waals surface area contributed by atoms with Gasteiger partial charge in [0.2, 0.25) is 5.91 Å². The van der Waals surface area contributed by atoms with Crippen LogP contribution in [-0.4, -0.2) is 52.3 Å². The smallest absolute Gasteiger partial charge is 0.388 e. The summed E-state index contributed by atoms with van der Waals surface area (Å²) in [5.41, 5.74) is 6.04. The Bertz CT molecular complexity index is 1180. The Kier molecular flexibility index (Phi) is 19.2. The number of carbonyl (C=O) groups excluding carboxylic acids is 1. The van der Waals surface area contributed by atoms with Gasteiger partial charge in [0.05, 0.1) is 0 Å². The van der Waals surface area contributed by atoms with Crippen molar-refractivity contribution >= 4 is 23.5 Å². The van der Waals surface area contributed by atoms with Gasteiger partial charge in [0.25, 0.3) is 5.95 Å². The van der Waals surface area contributed by atoms with E-state index < -0.39 is 11.7 Å². The minimum Gasteiger partial charge on any atom is -0.388 e. The predicted molar refractivity (Wildman–Crippen MR) is 201 cm³/mol. The largest absolute Gasteiger partial charge is 0.421 e. The van der Waals surface area contributed by atoms with Gasteiger partial charge in [-0.2, -0.15) is 23.1 Å². The number of carbonyl (C=O) groups is 1. The normalized spacial score (nSPS) is 17.8. The maximum absolute atomic E-state index is 13.8. The summed E-state index contributed by atoms with van der Waals surface area (Å²) in [5, 5.41) is 6.42. The molecule has 1 aliphatic heterocycles. The highest BCUT2D eigenvalue weighted by Crippen LogP contribution is 2.47. The quantitative estimate of drug-likeness (QED) is 0.104. The highest BCUT2D eigenvalue weighted by Gasteiger charge is 2.45. The van der Waals surface area contributed by atoms with Crippen LogP contribution < -0.4 is 16.4 Å². The van der Waals surface area contributed by atoms with Gasteiger partial charge in [-0.15, -0.1) is 0 Å². The number of nitrogens with zero attached hydrogens (tertiary/aromatic N) is 4. The summed E-state index contributed by atoms with van der Waals surface area (Å²) in [6.07, 6.45) is 15.0. The van der Waals surface area contributed by atoms with Crippen molar-refractivity contribution in [1.29, 1.82) is 0 Å². The number of likely N-dealkylation sites (tertiary alicyclic amines) is 1. The molecule has 0 aromatic carbocycles. The lowest BCUT2D eigenvalue weighted by Gasteiger charge is -2.27. The second-order valence-electron chi connectivity index (χ2n) is 14.4. The summed E-state index contributed by atoms with van der Waals surface area (Å²) in [6.45, 7) is 16.7. The third-order valence-electron chi connectivity index (χ3n) is 9.71. The fourth-order valence-corrected chi connectivity index (χ4v) is 6.53. The van der Waals surface area contributed by atoms with E-state index in [4.69, 9.17) is 5.73 Å². The molecule has 8 nitrogen and oxygen atoms in total. The summed E-state index contributed by atoms with van der Waals surface area (Å²) < 4.78 is 41.5. The molecule has 2 saturated carbocycles. The van der Waals surface area contributed by atoms with Crippen molar-refractivity contribution in [2.24, 2.45) is 28.0 Å². The van der Waals surface area contributed by atoms with E-state index in [9.17, 15) is 18.0 Å². The summed E-state index contributed by atoms with van der Waals surface area (Å²) in [5.74, 6) is 1.20. The van der Waals surface area contributed by atoms with Crippen molar-refractivity contribution in [2.75, 3.05) is 25.0 Å². The molecule has 0 unspecified atom stereocenters. The number of hydrogen-bond donors (Lipinski definition) is 3. The number of amides is 1. The molecule has 0 atom stereocenters. The number of halogens is 3. The van der Waals surface area contributed by atoms with Crippen LogP contribution in [0.2, 0.25) is 0 Å². The van der Waals surface area contributed by atoms with Crippen molar-refractivity contribution in [2.45, 2.75) is 163 Å². The second kappa shape index (κ2) is 22.2. The maximum atomic E-state index is 13.8. The average Bonchev–Trinajstić information content (AvgIpc) is 4.01. The molecule has 4 rings (SSSR count). The molecular weight excluding hydrogens is 639 g/mol. The van der Waals surface area contributed by atoms with Crippen LogP contribution in [0.4, 0.5) is 24.9 Å². The fourth-order valence-electron chi connectivity index (χ4n) is 6.53. The lowest BCUT2D eigenvalue weighted by Crippen LogP contribution is -2.38. The topological polar surface area (TPSA) is 109 Å². The number of hydrogen-bond acceptors (Lipinski definition) is 6. The summed E-state index contributed by atoms with van der Waals surface area (Å²) in [6, 6.07) is 0.342. The van der Waals surface area contributed by atoms with Crippen molar-refractivity contribution in [3.8, 4) is 0 Å². The second-order valence-corrected chi connectivity index (χ2v) is 14.4. The van der Waals surface area contributed by atoms with Crippen LogP contribution in [0, 0.1) is 17.3 Å². The molecule has 3 aliphatic rings. The van der Waals surface area contributed by atoms with Gasteiger partial charge >= 0.3 is 6.18 Å². The molecule has 1 aromatic rings. The van der Waals surface area contributed by atoms with Gasteiger partial charge in [-0.1, -0.05) is 93.4 Å². The van der Waals surface area contributed by atoms with Crippen LogP contribution in [0.5, 0.6) is 0 Å². The minimum atomic E-state index is -4.62. The van der Waals surface area contributed by atoms with E-state index in [0.29, 0.717) is 32.1 Å². The monoisotopic (exact) mass is 708 g/mol. The first-order valence-electron chi connectivity index (χ1n) is 19.7. The SMILES string of the molecule is CC.CCCC(C)CCC.CCCC(CCC)N/C=C(\C(N)=N\c1ncc(C(F)(F)F)c(NCC2(CN3CCCCCC3=O)CC2)n1)C1CC1. The number of aliphatic imine (C=N–C) groups is 1. The van der Waals surface area contributed by atoms with E-state index in [1.165, 1.54) is 25.7 Å². The van der Waals surface area contributed by atoms with Crippen LogP contribution in [0.15, 0.2) is 23.0 Å². The molecule has 0 spiro atoms. The average molecular weight is 708 g/mol. The lowest BCUT2D eigenvalue weighted by molar-refractivity contribution is -0.137. The Morgan fingerprint density at radius 1 is 1.04 bits per heavy atom. The van der Waals surface area contributed by atoms with Gasteiger partial charge in [-0.05, 0) is 63.2 Å². The Labute approximate surface area is 301 Å². The Balaban J connectivity index is 0.000000763. The summed E-state index contributed by atoms with van der Waals surface area (Å²) >= 11 is 0. The van der Waals surface area contributed by atoms with Gasteiger partial charge in [0.1, 0.15) is 17.2 Å². The highest BCUT2D eigenvalue weighted by molar-refractivity contribution is 5.99. The number of nitrogens with two attached hydrogens (primary N) is 1. The zero-order valence-corrected chi connectivity index (χ0v) is 32.2. The molecule has 0 radical (unpaired) electrons. The predicted octanol–water partition coefficient (Wildman–Crippen LogP) is 10.2. The van der Waals surface area contributed by atoms with E-state index >= 15 is 0 Å². The molecule has 11 heteroatoms. The number of rotatable bonds is 18. The Morgan fingerprint density at radius 2 is 1.66 bits per heavy atom. The third kappa shape index (κ3) is 15.2. The van der Waals surface area contributed by atoms with Crippen LogP contribution in [-0.2, 0) is 11.0 Å². The van der Waals surface area contributed by atoms with Crippen molar-refractivity contribution in [1.82, 2.24) is 20.2 Å². The van der Waals surface area contributed by atoms with Crippen LogP contribution >= 0.6 is 0 Å². The number of anilines is 1. The van der Waals surface area contributed by atoms with Crippen molar-refractivity contribution < 1.29 is 18.0 Å². The number of nitrogens with one attached hydrogen (secondary N) is 2. The Hall–Kier alpha value is -2.85. The van der Waals surface area contributed by atoms with E-state index in [2.05, 4.69) is 60.2 Å². The fraction of sp³-hybridized carbons (Fsp3) is 0.795. The standard InChI is InChI=1S/C29H44F3N7O.C8H18.C2H6/c1-3-8-21(9-4-2)34-16-22(20-11-12-20)25(33)37-27-35-17-23(29(30,31)32)26(38-27)36-18-28(13-14-28)19-39-15-7-5-6-10-24(39)40;1-4-6-8(3)7-5-2;1-2/h16-17,20-21,34H,3-15,18-19H2,1-2H3,(H3,33,35,36,37,38);8H,4-7H2,1-3H3;1-2H3/b22-16-;;. The van der Waals surface area contributed by atoms with E-state index in [1.54, 1.807) is 0 Å². The van der Waals surface area contributed by atoms with Gasteiger partial charge in [0.15, 0.2) is 0 Å². The van der Waals surface area contributed by atoms with Crippen LogP contribution in [0.25, 0.3) is 0 Å². The van der Waals surface area contributed by atoms with Gasteiger partial charge < -0.3 is 21.3 Å². The molecule has 2 aliphatic carbocycles. The first kappa shape index (κ1) is 43.3. The van der Waals surface area contributed by atoms with Crippen LogP contribution in [0.3, 0.4) is 0 Å². The maximum Gasteiger partial charge on any atom is 0.421 e. The van der Waals surface area contributed by atoms with Crippen LogP contribution in [0.1, 0.15) is 157 Å². The van der Waals surface area contributed by atoms with Crippen molar-refractivity contribution in [3.63, 3.8) is 0 Å². The molecular formula is C39H68F3N7O. The number of alkyl halides is 3. The zero-order valence-electron chi connectivity index (χ0n) is 32.2. The molecule has 1 aromatic heterocycles. The highest BCUT2D eigenvalue weighted by atomic mass is 19.4. The molecule has 286 valence electrons. The Morgan fingerprint density at radius 3 is 2.20 bits per heavy atom. The molecule has 0 bridgehead atoms. The minimum absolute atomic E-state index is 0.106. The third-order valence-corrected chi connectivity index (χ3v) is 9.71. The molecule has 2 heterocycles. The van der Waals surface area contributed by atoms with E-state index in [1.807, 2.05) is 24.9 Å². The summed E-state index contributed by atoms with van der Waals surface area (Å²) in [4.78, 5) is 26.8.